The molecule has 0 saturated heterocycles. The zero-order valence-electron chi connectivity index (χ0n) is 15.8. The van der Waals surface area contributed by atoms with Gasteiger partial charge < -0.3 is 15.3 Å². The van der Waals surface area contributed by atoms with Crippen molar-refractivity contribution in [1.29, 1.82) is 0 Å². The number of rotatable bonds is 8. The molecule has 0 bridgehead atoms. The highest BCUT2D eigenvalue weighted by Crippen LogP contribution is 2.34. The van der Waals surface area contributed by atoms with Crippen molar-refractivity contribution in [2.45, 2.75) is 36.1 Å². The quantitative estimate of drug-likeness (QED) is 0.555. The smallest absolute Gasteiger partial charge is 0.242 e. The maximum Gasteiger partial charge on any atom is 0.242 e. The first-order chi connectivity index (χ1) is 13.5. The minimum absolute atomic E-state index is 0.0255. The number of likely N-dealkylation sites (N-methyl/N-ethyl adjacent to an activating group) is 1. The Morgan fingerprint density at radius 3 is 2.96 bits per heavy atom. The van der Waals surface area contributed by atoms with Crippen molar-refractivity contribution >= 4 is 40.8 Å². The molecule has 0 aromatic carbocycles. The highest BCUT2D eigenvalue weighted by atomic mass is 32.2. The van der Waals surface area contributed by atoms with Crippen LogP contribution < -0.4 is 5.32 Å². The van der Waals surface area contributed by atoms with Crippen molar-refractivity contribution < 1.29 is 9.90 Å². The highest BCUT2D eigenvalue weighted by Gasteiger charge is 2.31. The Kier molecular flexibility index (Phi) is 7.26. The number of aromatic nitrogens is 6. The van der Waals surface area contributed by atoms with E-state index < -0.39 is 0 Å². The first-order valence-corrected chi connectivity index (χ1v) is 11.4. The Hall–Kier alpha value is -1.70. The van der Waals surface area contributed by atoms with Crippen LogP contribution in [0.1, 0.15) is 11.9 Å². The first-order valence-electron chi connectivity index (χ1n) is 8.57. The molecule has 1 amide bonds. The molecule has 0 aliphatic carbocycles. The number of carbonyl (C=O) groups excluding carboxylic acids is 1. The molecule has 28 heavy (non-hydrogen) atoms. The average molecular weight is 443 g/mol. The fourth-order valence-corrected chi connectivity index (χ4v) is 6.20. The van der Waals surface area contributed by atoms with Crippen LogP contribution in [0.15, 0.2) is 21.9 Å². The van der Waals surface area contributed by atoms with Gasteiger partial charge in [-0.15, -0.1) is 27.1 Å². The van der Waals surface area contributed by atoms with Crippen LogP contribution in [0.4, 0.5) is 0 Å². The van der Waals surface area contributed by atoms with Gasteiger partial charge in [0.05, 0.1) is 18.0 Å². The summed E-state index contributed by atoms with van der Waals surface area (Å²) < 4.78 is 2.31. The van der Waals surface area contributed by atoms with E-state index >= 15 is 0 Å². The average Bonchev–Trinajstić information content (AvgIpc) is 3.31. The van der Waals surface area contributed by atoms with Crippen LogP contribution in [0.25, 0.3) is 0 Å². The van der Waals surface area contributed by atoms with Gasteiger partial charge in [0.1, 0.15) is 17.9 Å². The normalized spacial score (nSPS) is 18.4. The summed E-state index contributed by atoms with van der Waals surface area (Å²) >= 11 is 4.95. The van der Waals surface area contributed by atoms with E-state index in [0.717, 1.165) is 26.6 Å². The van der Waals surface area contributed by atoms with Crippen LogP contribution in [-0.4, -0.2) is 82.9 Å². The van der Waals surface area contributed by atoms with E-state index in [-0.39, 0.29) is 30.5 Å². The molecule has 152 valence electrons. The summed E-state index contributed by atoms with van der Waals surface area (Å²) in [5.41, 5.74) is 2.08. The summed E-state index contributed by atoms with van der Waals surface area (Å²) in [6.07, 6.45) is 1.40. The molecule has 1 aliphatic rings. The van der Waals surface area contributed by atoms with Gasteiger partial charge in [0, 0.05) is 24.3 Å². The molecule has 0 fully saturated rings. The number of thioether (sulfide) groups is 2. The number of amides is 1. The van der Waals surface area contributed by atoms with E-state index in [1.165, 1.54) is 16.6 Å². The lowest BCUT2D eigenvalue weighted by molar-refractivity contribution is -0.122. The van der Waals surface area contributed by atoms with E-state index in [4.69, 9.17) is 0 Å². The summed E-state index contributed by atoms with van der Waals surface area (Å²) in [6, 6.07) is -0.111. The number of nitrogens with one attached hydrogen (secondary N) is 1. The van der Waals surface area contributed by atoms with Crippen LogP contribution in [0.3, 0.4) is 0 Å². The standard InChI is InChI=1S/C15H22N8O2S3/c1-9(17-13(25)4-23-8-16-20-21-23)14-22(3)12(5-24)11(6-26-14)7-27-15-19-18-10(2)28-15/h8-9,14,24H,4-7H2,1-3H3,(H,17,25). The van der Waals surface area contributed by atoms with E-state index in [1.54, 1.807) is 34.9 Å². The predicted octanol–water partition coefficient (Wildman–Crippen LogP) is 0.381. The van der Waals surface area contributed by atoms with Crippen molar-refractivity contribution in [1.82, 2.24) is 40.6 Å². The zero-order chi connectivity index (χ0) is 20.1. The van der Waals surface area contributed by atoms with Crippen molar-refractivity contribution in [2.24, 2.45) is 0 Å². The maximum atomic E-state index is 12.2. The molecule has 2 aromatic rings. The Morgan fingerprint density at radius 2 is 2.32 bits per heavy atom. The number of aliphatic hydroxyl groups excluding tert-OH is 1. The Morgan fingerprint density at radius 1 is 1.50 bits per heavy atom. The Balaban J connectivity index is 1.59. The van der Waals surface area contributed by atoms with Crippen molar-refractivity contribution in [2.75, 3.05) is 25.2 Å². The summed E-state index contributed by atoms with van der Waals surface area (Å²) in [5.74, 6) is 1.40. The largest absolute Gasteiger partial charge is 0.390 e. The number of nitrogens with zero attached hydrogens (tertiary/aromatic N) is 7. The summed E-state index contributed by atoms with van der Waals surface area (Å²) in [4.78, 5) is 14.3. The fourth-order valence-electron chi connectivity index (χ4n) is 2.87. The lowest BCUT2D eigenvalue weighted by Gasteiger charge is -2.40. The number of hydrogen-bond acceptors (Lipinski definition) is 11. The third-order valence-electron chi connectivity index (χ3n) is 4.18. The van der Waals surface area contributed by atoms with Gasteiger partial charge >= 0.3 is 0 Å². The molecule has 2 aromatic heterocycles. The fraction of sp³-hybridized carbons (Fsp3) is 0.600. The minimum Gasteiger partial charge on any atom is -0.390 e. The molecule has 0 radical (unpaired) electrons. The summed E-state index contributed by atoms with van der Waals surface area (Å²) in [7, 11) is 1.95. The van der Waals surface area contributed by atoms with Crippen LogP contribution >= 0.6 is 34.9 Å². The number of hydrogen-bond donors (Lipinski definition) is 2. The molecule has 13 heteroatoms. The third-order valence-corrected chi connectivity index (χ3v) is 7.82. The van der Waals surface area contributed by atoms with Crippen LogP contribution in [0.2, 0.25) is 0 Å². The van der Waals surface area contributed by atoms with Crippen LogP contribution in [-0.2, 0) is 11.3 Å². The molecular formula is C15H22N8O2S3. The van der Waals surface area contributed by atoms with Gasteiger partial charge in [-0.25, -0.2) is 4.68 Å². The van der Waals surface area contributed by atoms with Gasteiger partial charge in [0.15, 0.2) is 4.34 Å². The van der Waals surface area contributed by atoms with Gasteiger partial charge in [0.2, 0.25) is 5.91 Å². The van der Waals surface area contributed by atoms with Crippen LogP contribution in [0.5, 0.6) is 0 Å². The van der Waals surface area contributed by atoms with E-state index in [1.807, 2.05) is 20.9 Å². The van der Waals surface area contributed by atoms with Gasteiger partial charge in [-0.2, -0.15) is 0 Å². The second-order valence-electron chi connectivity index (χ2n) is 6.26. The summed E-state index contributed by atoms with van der Waals surface area (Å²) in [5, 5.41) is 32.8. The number of aryl methyl sites for hydroxylation is 1. The molecule has 0 saturated carbocycles. The van der Waals surface area contributed by atoms with Crippen molar-refractivity contribution in [3.63, 3.8) is 0 Å². The predicted molar refractivity (Wildman–Crippen MR) is 109 cm³/mol. The molecule has 0 spiro atoms. The molecule has 2 atom stereocenters. The van der Waals surface area contributed by atoms with E-state index in [0.29, 0.717) is 0 Å². The van der Waals surface area contributed by atoms with Crippen molar-refractivity contribution in [3.05, 3.63) is 22.6 Å². The van der Waals surface area contributed by atoms with Crippen LogP contribution in [0, 0.1) is 6.92 Å². The van der Waals surface area contributed by atoms with Gasteiger partial charge in [-0.3, -0.25) is 4.79 Å². The maximum absolute atomic E-state index is 12.2. The topological polar surface area (TPSA) is 122 Å². The molecule has 1 aliphatic heterocycles. The third kappa shape index (κ3) is 5.21. The zero-order valence-corrected chi connectivity index (χ0v) is 18.2. The molecule has 2 N–H and O–H groups in total. The Labute approximate surface area is 175 Å². The lowest BCUT2D eigenvalue weighted by Crippen LogP contribution is -2.50. The highest BCUT2D eigenvalue weighted by molar-refractivity contribution is 8.01. The molecule has 3 rings (SSSR count). The monoisotopic (exact) mass is 442 g/mol. The van der Waals surface area contributed by atoms with E-state index in [9.17, 15) is 9.90 Å². The lowest BCUT2D eigenvalue weighted by atomic mass is 10.2. The minimum atomic E-state index is -0.156. The number of tetrazole rings is 1. The first kappa shape index (κ1) is 21.0. The van der Waals surface area contributed by atoms with Crippen molar-refractivity contribution in [3.8, 4) is 0 Å². The molecule has 3 heterocycles. The number of aliphatic hydroxyl groups is 1. The molecule has 10 nitrogen and oxygen atoms in total. The van der Waals surface area contributed by atoms with Gasteiger partial charge in [-0.1, -0.05) is 23.1 Å². The summed E-state index contributed by atoms with van der Waals surface area (Å²) in [6.45, 7) is 3.93. The van der Waals surface area contributed by atoms with Gasteiger partial charge in [0.25, 0.3) is 0 Å². The molecule has 2 unspecified atom stereocenters. The van der Waals surface area contributed by atoms with E-state index in [2.05, 4.69) is 35.9 Å². The molecular weight excluding hydrogens is 420 g/mol. The number of carbonyl (C=O) groups is 1. The Bertz CT molecular complexity index is 825. The SMILES string of the molecule is Cc1nnc(SCC2=C(CO)N(C)C(C(C)NC(=O)Cn3cnnn3)SC2)s1. The second-order valence-corrected chi connectivity index (χ2v) is 9.77. The van der Waals surface area contributed by atoms with Gasteiger partial charge in [-0.05, 0) is 29.8 Å². The second kappa shape index (κ2) is 9.67.